The first-order valence-electron chi connectivity index (χ1n) is 5.41. The number of likely N-dealkylation sites (N-methyl/N-ethyl adjacent to an activating group) is 1. The van der Waals surface area contributed by atoms with E-state index in [0.29, 0.717) is 5.69 Å². The summed E-state index contributed by atoms with van der Waals surface area (Å²) in [5.41, 5.74) is 0.467. The maximum Gasteiger partial charge on any atom is 0.573 e. The van der Waals surface area contributed by atoms with E-state index < -0.39 is 6.36 Å². The molecule has 0 fully saturated rings. The molecule has 0 aliphatic rings. The number of benzene rings is 1. The van der Waals surface area contributed by atoms with Crippen LogP contribution in [0, 0.1) is 0 Å². The fourth-order valence-corrected chi connectivity index (χ4v) is 1.35. The lowest BCUT2D eigenvalue weighted by atomic mass is 10.3. The van der Waals surface area contributed by atoms with Crippen molar-refractivity contribution in [3.8, 4) is 5.75 Å². The van der Waals surface area contributed by atoms with Crippen LogP contribution in [-0.4, -0.2) is 31.0 Å². The Kier molecular flexibility index (Phi) is 5.56. The van der Waals surface area contributed by atoms with Crippen LogP contribution >= 0.6 is 12.2 Å². The lowest BCUT2D eigenvalue weighted by Crippen LogP contribution is -2.37. The number of amides is 1. The third kappa shape index (κ3) is 6.23. The fourth-order valence-electron chi connectivity index (χ4n) is 1.16. The van der Waals surface area contributed by atoms with Gasteiger partial charge in [0.15, 0.2) is 5.11 Å². The molecule has 0 aromatic heterocycles. The molecule has 0 spiro atoms. The Morgan fingerprint density at radius 3 is 2.40 bits per heavy atom. The van der Waals surface area contributed by atoms with Gasteiger partial charge in [0.05, 0.1) is 6.54 Å². The summed E-state index contributed by atoms with van der Waals surface area (Å²) >= 11 is 4.91. The molecule has 1 aromatic rings. The van der Waals surface area contributed by atoms with Gasteiger partial charge in [-0.05, 0) is 36.5 Å². The summed E-state index contributed by atoms with van der Waals surface area (Å²) in [7, 11) is 1.49. The molecule has 0 atom stereocenters. The second-order valence-electron chi connectivity index (χ2n) is 3.55. The molecule has 0 bridgehead atoms. The summed E-state index contributed by atoms with van der Waals surface area (Å²) in [5.74, 6) is -0.574. The first-order valence-corrected chi connectivity index (χ1v) is 5.82. The highest BCUT2D eigenvalue weighted by molar-refractivity contribution is 7.80. The van der Waals surface area contributed by atoms with Gasteiger partial charge >= 0.3 is 6.36 Å². The number of carbonyl (C=O) groups excluding carboxylic acids is 1. The number of nitrogens with one attached hydrogen (secondary N) is 3. The SMILES string of the molecule is CNC(=O)CNC(=S)Nc1ccc(OC(F)(F)F)cc1. The summed E-state index contributed by atoms with van der Waals surface area (Å²) in [4.78, 5) is 11.0. The van der Waals surface area contributed by atoms with Crippen LogP contribution in [0.15, 0.2) is 24.3 Å². The number of halogens is 3. The minimum atomic E-state index is -4.72. The van der Waals surface area contributed by atoms with Crippen molar-refractivity contribution in [2.75, 3.05) is 18.9 Å². The Morgan fingerprint density at radius 1 is 1.30 bits per heavy atom. The average molecular weight is 307 g/mol. The maximum atomic E-state index is 12.0. The topological polar surface area (TPSA) is 62.4 Å². The van der Waals surface area contributed by atoms with Crippen molar-refractivity contribution in [3.63, 3.8) is 0 Å². The number of thiocarbonyl (C=S) groups is 1. The molecule has 0 unspecified atom stereocenters. The first kappa shape index (κ1) is 16.0. The number of rotatable bonds is 4. The van der Waals surface area contributed by atoms with Crippen LogP contribution in [0.25, 0.3) is 0 Å². The van der Waals surface area contributed by atoms with Gasteiger partial charge in [0.2, 0.25) is 5.91 Å². The highest BCUT2D eigenvalue weighted by Gasteiger charge is 2.30. The van der Waals surface area contributed by atoms with E-state index in [2.05, 4.69) is 20.7 Å². The summed E-state index contributed by atoms with van der Waals surface area (Å²) in [6.45, 7) is -0.00238. The van der Waals surface area contributed by atoms with Gasteiger partial charge in [-0.15, -0.1) is 13.2 Å². The standard InChI is InChI=1S/C11H12F3N3O2S/c1-15-9(18)6-16-10(20)17-7-2-4-8(5-3-7)19-11(12,13)14/h2-5H,6H2,1H3,(H,15,18)(H2,16,17,20). The largest absolute Gasteiger partial charge is 0.573 e. The summed E-state index contributed by atoms with van der Waals surface area (Å²) in [6, 6.07) is 5.04. The predicted octanol–water partition coefficient (Wildman–Crippen LogP) is 1.62. The van der Waals surface area contributed by atoms with E-state index in [4.69, 9.17) is 12.2 Å². The molecule has 0 aliphatic carbocycles. The molecular formula is C11H12F3N3O2S. The molecule has 0 saturated heterocycles. The van der Waals surface area contributed by atoms with Crippen molar-refractivity contribution in [2.45, 2.75) is 6.36 Å². The molecule has 0 heterocycles. The van der Waals surface area contributed by atoms with Crippen LogP contribution in [0.1, 0.15) is 0 Å². The highest BCUT2D eigenvalue weighted by Crippen LogP contribution is 2.23. The number of carbonyl (C=O) groups is 1. The molecule has 9 heteroatoms. The van der Waals surface area contributed by atoms with E-state index in [0.717, 1.165) is 12.1 Å². The quantitative estimate of drug-likeness (QED) is 0.738. The monoisotopic (exact) mass is 307 g/mol. The number of hydrogen-bond acceptors (Lipinski definition) is 3. The van der Waals surface area contributed by atoms with E-state index in [1.165, 1.54) is 19.2 Å². The third-order valence-corrected chi connectivity index (χ3v) is 2.28. The van der Waals surface area contributed by atoms with Gasteiger partial charge in [0.25, 0.3) is 0 Å². The minimum absolute atomic E-state index is 0.00238. The minimum Gasteiger partial charge on any atom is -0.406 e. The molecule has 110 valence electrons. The van der Waals surface area contributed by atoms with Crippen molar-refractivity contribution in [1.29, 1.82) is 0 Å². The van der Waals surface area contributed by atoms with E-state index in [1.54, 1.807) is 0 Å². The van der Waals surface area contributed by atoms with Gasteiger partial charge in [-0.3, -0.25) is 4.79 Å². The Labute approximate surface area is 118 Å². The van der Waals surface area contributed by atoms with Gasteiger partial charge in [0.1, 0.15) is 5.75 Å². The normalized spacial score (nSPS) is 10.6. The zero-order valence-electron chi connectivity index (χ0n) is 10.4. The van der Waals surface area contributed by atoms with Gasteiger partial charge in [-0.2, -0.15) is 0 Å². The van der Waals surface area contributed by atoms with Crippen molar-refractivity contribution in [1.82, 2.24) is 10.6 Å². The summed E-state index contributed by atoms with van der Waals surface area (Å²) in [6.07, 6.45) is -4.72. The Hall–Kier alpha value is -2.03. The number of hydrogen-bond donors (Lipinski definition) is 3. The van der Waals surface area contributed by atoms with Crippen LogP contribution in [0.4, 0.5) is 18.9 Å². The molecule has 3 N–H and O–H groups in total. The van der Waals surface area contributed by atoms with Crippen LogP contribution in [-0.2, 0) is 4.79 Å². The molecule has 1 amide bonds. The summed E-state index contributed by atoms with van der Waals surface area (Å²) in [5, 5.41) is 7.93. The second-order valence-corrected chi connectivity index (χ2v) is 3.96. The molecule has 1 aromatic carbocycles. The van der Waals surface area contributed by atoms with E-state index in [-0.39, 0.29) is 23.3 Å². The third-order valence-electron chi connectivity index (χ3n) is 2.03. The Bertz CT molecular complexity index is 477. The Balaban J connectivity index is 2.49. The molecule has 0 saturated carbocycles. The summed E-state index contributed by atoms with van der Waals surface area (Å²) < 4.78 is 39.6. The van der Waals surface area contributed by atoms with Gasteiger partial charge < -0.3 is 20.7 Å². The number of alkyl halides is 3. The molecule has 0 radical (unpaired) electrons. The van der Waals surface area contributed by atoms with Crippen LogP contribution in [0.3, 0.4) is 0 Å². The van der Waals surface area contributed by atoms with Gasteiger partial charge in [-0.25, -0.2) is 0 Å². The zero-order valence-corrected chi connectivity index (χ0v) is 11.2. The van der Waals surface area contributed by atoms with Crippen molar-refractivity contribution < 1.29 is 22.7 Å². The van der Waals surface area contributed by atoms with Crippen molar-refractivity contribution in [2.24, 2.45) is 0 Å². The number of ether oxygens (including phenoxy) is 1. The Morgan fingerprint density at radius 2 is 1.90 bits per heavy atom. The van der Waals surface area contributed by atoms with E-state index >= 15 is 0 Å². The lowest BCUT2D eigenvalue weighted by molar-refractivity contribution is -0.274. The number of anilines is 1. The molecular weight excluding hydrogens is 295 g/mol. The maximum absolute atomic E-state index is 12.0. The molecule has 5 nitrogen and oxygen atoms in total. The molecule has 1 rings (SSSR count). The van der Waals surface area contributed by atoms with Gasteiger partial charge in [-0.1, -0.05) is 0 Å². The predicted molar refractivity (Wildman–Crippen MR) is 71.4 cm³/mol. The molecule has 0 aliphatic heterocycles. The fraction of sp³-hybridized carbons (Fsp3) is 0.273. The van der Waals surface area contributed by atoms with Crippen LogP contribution in [0.2, 0.25) is 0 Å². The molecule has 20 heavy (non-hydrogen) atoms. The van der Waals surface area contributed by atoms with Gasteiger partial charge in [0, 0.05) is 12.7 Å². The first-order chi connectivity index (χ1) is 9.30. The van der Waals surface area contributed by atoms with Crippen LogP contribution in [0.5, 0.6) is 5.75 Å². The average Bonchev–Trinajstić information content (AvgIpc) is 2.36. The second kappa shape index (κ2) is 6.94. The highest BCUT2D eigenvalue weighted by atomic mass is 32.1. The van der Waals surface area contributed by atoms with Crippen LogP contribution < -0.4 is 20.7 Å². The van der Waals surface area contributed by atoms with Crippen molar-refractivity contribution >= 4 is 28.9 Å². The smallest absolute Gasteiger partial charge is 0.406 e. The zero-order chi connectivity index (χ0) is 15.2. The van der Waals surface area contributed by atoms with E-state index in [9.17, 15) is 18.0 Å². The van der Waals surface area contributed by atoms with E-state index in [1.807, 2.05) is 0 Å². The lowest BCUT2D eigenvalue weighted by Gasteiger charge is -2.11. The van der Waals surface area contributed by atoms with Crippen molar-refractivity contribution in [3.05, 3.63) is 24.3 Å².